The van der Waals surface area contributed by atoms with Crippen LogP contribution >= 0.6 is 12.4 Å². The normalized spacial score (nSPS) is 16.5. The number of hydrogen-bond donors (Lipinski definition) is 2. The topological polar surface area (TPSA) is 92.5 Å². The van der Waals surface area contributed by atoms with Crippen molar-refractivity contribution in [3.8, 4) is 0 Å². The molecule has 2 aromatic carbocycles. The Balaban J connectivity index is 0.00000280. The third kappa shape index (κ3) is 4.60. The first-order chi connectivity index (χ1) is 12.8. The molecular formula is C18H20ClF2N3O3S. The number of benzene rings is 2. The Kier molecular flexibility index (Phi) is 6.97. The molecule has 1 amide bonds. The van der Waals surface area contributed by atoms with Crippen LogP contribution in [0.1, 0.15) is 16.8 Å². The zero-order chi connectivity index (χ0) is 19.6. The van der Waals surface area contributed by atoms with Gasteiger partial charge < -0.3 is 10.6 Å². The van der Waals surface area contributed by atoms with E-state index < -0.39 is 26.6 Å². The molecule has 0 radical (unpaired) electrons. The lowest BCUT2D eigenvalue weighted by Gasteiger charge is -2.19. The van der Waals surface area contributed by atoms with Gasteiger partial charge >= 0.3 is 0 Å². The maximum absolute atomic E-state index is 13.9. The molecule has 1 unspecified atom stereocenters. The number of hydrogen-bond acceptors (Lipinski definition) is 4. The van der Waals surface area contributed by atoms with E-state index in [1.807, 2.05) is 0 Å². The summed E-state index contributed by atoms with van der Waals surface area (Å²) < 4.78 is 54.5. The van der Waals surface area contributed by atoms with E-state index in [4.69, 9.17) is 5.73 Å². The third-order valence-electron chi connectivity index (χ3n) is 4.49. The molecule has 6 nitrogen and oxygen atoms in total. The number of carbonyl (C=O) groups is 1. The van der Waals surface area contributed by atoms with Gasteiger partial charge in [-0.25, -0.2) is 17.2 Å². The lowest BCUT2D eigenvalue weighted by molar-refractivity contribution is 0.0788. The fraction of sp³-hybridized carbons (Fsp3) is 0.278. The first kappa shape index (κ1) is 22.1. The van der Waals surface area contributed by atoms with Gasteiger partial charge in [0.2, 0.25) is 0 Å². The Hall–Kier alpha value is -2.23. The summed E-state index contributed by atoms with van der Waals surface area (Å²) in [7, 11) is -4.42. The van der Waals surface area contributed by atoms with Crippen LogP contribution in [0.15, 0.2) is 47.4 Å². The van der Waals surface area contributed by atoms with Crippen molar-refractivity contribution in [3.63, 3.8) is 0 Å². The van der Waals surface area contributed by atoms with Gasteiger partial charge in [-0.05, 0) is 49.2 Å². The minimum atomic E-state index is -4.42. The number of halogens is 3. The van der Waals surface area contributed by atoms with Crippen LogP contribution in [0.25, 0.3) is 0 Å². The third-order valence-corrected chi connectivity index (χ3v) is 5.87. The van der Waals surface area contributed by atoms with Gasteiger partial charge in [-0.2, -0.15) is 0 Å². The second kappa shape index (κ2) is 8.85. The average molecular weight is 432 g/mol. The quantitative estimate of drug-likeness (QED) is 0.761. The standard InChI is InChI=1S/C18H19F2N3O3S.ClH/c19-13-5-6-15(20)17(9-13)27(25,26)22-16-4-2-1-3-14(16)18(24)23-8-7-12(10-21)11-23;/h1-6,9,12,22H,7-8,10-11,21H2;1H. The van der Waals surface area contributed by atoms with Crippen molar-refractivity contribution in [2.24, 2.45) is 11.7 Å². The Bertz CT molecular complexity index is 972. The average Bonchev–Trinajstić information content (AvgIpc) is 3.12. The molecule has 0 aromatic heterocycles. The summed E-state index contributed by atoms with van der Waals surface area (Å²) in [6.45, 7) is 1.49. The number of nitrogens with one attached hydrogen (secondary N) is 1. The van der Waals surface area contributed by atoms with Crippen molar-refractivity contribution < 1.29 is 22.0 Å². The van der Waals surface area contributed by atoms with Crippen molar-refractivity contribution >= 4 is 34.0 Å². The molecule has 0 saturated carbocycles. The zero-order valence-electron chi connectivity index (χ0n) is 14.8. The molecule has 3 rings (SSSR count). The van der Waals surface area contributed by atoms with Gasteiger partial charge in [-0.15, -0.1) is 12.4 Å². The number of amides is 1. The predicted octanol–water partition coefficient (Wildman–Crippen LogP) is 2.61. The summed E-state index contributed by atoms with van der Waals surface area (Å²) >= 11 is 0. The smallest absolute Gasteiger partial charge is 0.264 e. The predicted molar refractivity (Wildman–Crippen MR) is 104 cm³/mol. The molecule has 1 atom stereocenters. The highest BCUT2D eigenvalue weighted by Crippen LogP contribution is 2.25. The summed E-state index contributed by atoms with van der Waals surface area (Å²) in [5, 5.41) is 0. The fourth-order valence-electron chi connectivity index (χ4n) is 3.02. The Morgan fingerprint density at radius 3 is 2.61 bits per heavy atom. The molecule has 10 heteroatoms. The number of rotatable bonds is 5. The number of nitrogens with two attached hydrogens (primary N) is 1. The fourth-order valence-corrected chi connectivity index (χ4v) is 4.19. The summed E-state index contributed by atoms with van der Waals surface area (Å²) in [5.74, 6) is -2.10. The lowest BCUT2D eigenvalue weighted by atomic mass is 10.1. The van der Waals surface area contributed by atoms with Crippen LogP contribution in [0.4, 0.5) is 14.5 Å². The number of carbonyl (C=O) groups excluding carboxylic acids is 1. The van der Waals surface area contributed by atoms with Crippen LogP contribution in [-0.2, 0) is 10.0 Å². The maximum atomic E-state index is 13.9. The van der Waals surface area contributed by atoms with Crippen molar-refractivity contribution in [3.05, 3.63) is 59.7 Å². The van der Waals surface area contributed by atoms with E-state index >= 15 is 0 Å². The van der Waals surface area contributed by atoms with Crippen molar-refractivity contribution in [2.75, 3.05) is 24.4 Å². The van der Waals surface area contributed by atoms with Crippen LogP contribution in [0.5, 0.6) is 0 Å². The summed E-state index contributed by atoms with van der Waals surface area (Å²) in [6, 6.07) is 8.18. The summed E-state index contributed by atoms with van der Waals surface area (Å²) in [6.07, 6.45) is 0.782. The van der Waals surface area contributed by atoms with Gasteiger partial charge in [0.15, 0.2) is 0 Å². The van der Waals surface area contributed by atoms with Crippen LogP contribution in [0.2, 0.25) is 0 Å². The molecule has 1 saturated heterocycles. The van der Waals surface area contributed by atoms with Crippen LogP contribution in [-0.4, -0.2) is 38.9 Å². The number of para-hydroxylation sites is 1. The van der Waals surface area contributed by atoms with Gasteiger partial charge in [-0.1, -0.05) is 12.1 Å². The van der Waals surface area contributed by atoms with Gasteiger partial charge in [-0.3, -0.25) is 9.52 Å². The first-order valence-electron chi connectivity index (χ1n) is 8.38. The minimum absolute atomic E-state index is 0. The lowest BCUT2D eigenvalue weighted by Crippen LogP contribution is -2.30. The SMILES string of the molecule is Cl.NCC1CCN(C(=O)c2ccccc2NS(=O)(=O)c2cc(F)ccc2F)C1. The van der Waals surface area contributed by atoms with Crippen molar-refractivity contribution in [1.29, 1.82) is 0 Å². The number of anilines is 1. The Morgan fingerprint density at radius 1 is 1.21 bits per heavy atom. The van der Waals surface area contributed by atoms with Gasteiger partial charge in [0, 0.05) is 13.1 Å². The van der Waals surface area contributed by atoms with E-state index in [0.29, 0.717) is 25.7 Å². The van der Waals surface area contributed by atoms with Crippen LogP contribution in [0.3, 0.4) is 0 Å². The van der Waals surface area contributed by atoms with Gasteiger partial charge in [0.05, 0.1) is 11.3 Å². The highest BCUT2D eigenvalue weighted by Gasteiger charge is 2.28. The molecule has 152 valence electrons. The molecule has 1 fully saturated rings. The van der Waals surface area contributed by atoms with E-state index in [9.17, 15) is 22.0 Å². The molecule has 1 aliphatic rings. The molecule has 0 aliphatic carbocycles. The molecule has 0 spiro atoms. The molecule has 1 heterocycles. The maximum Gasteiger partial charge on any atom is 0.264 e. The van der Waals surface area contributed by atoms with E-state index in [1.54, 1.807) is 17.0 Å². The minimum Gasteiger partial charge on any atom is -0.338 e. The molecule has 2 aromatic rings. The Labute approximate surface area is 168 Å². The highest BCUT2D eigenvalue weighted by atomic mass is 35.5. The second-order valence-electron chi connectivity index (χ2n) is 6.37. The molecular weight excluding hydrogens is 412 g/mol. The van der Waals surface area contributed by atoms with E-state index in [2.05, 4.69) is 4.72 Å². The van der Waals surface area contributed by atoms with E-state index in [1.165, 1.54) is 12.1 Å². The first-order valence-corrected chi connectivity index (χ1v) is 9.86. The summed E-state index contributed by atoms with van der Waals surface area (Å²) in [5.41, 5.74) is 5.78. The Morgan fingerprint density at radius 2 is 1.93 bits per heavy atom. The van der Waals surface area contributed by atoms with Crippen molar-refractivity contribution in [1.82, 2.24) is 4.90 Å². The monoisotopic (exact) mass is 431 g/mol. The molecule has 3 N–H and O–H groups in total. The van der Waals surface area contributed by atoms with E-state index in [-0.39, 0.29) is 35.5 Å². The van der Waals surface area contributed by atoms with Crippen LogP contribution < -0.4 is 10.5 Å². The van der Waals surface area contributed by atoms with Gasteiger partial charge in [0.1, 0.15) is 16.5 Å². The van der Waals surface area contributed by atoms with E-state index in [0.717, 1.165) is 18.6 Å². The largest absolute Gasteiger partial charge is 0.338 e. The van der Waals surface area contributed by atoms with Crippen molar-refractivity contribution in [2.45, 2.75) is 11.3 Å². The highest BCUT2D eigenvalue weighted by molar-refractivity contribution is 7.92. The summed E-state index contributed by atoms with van der Waals surface area (Å²) in [4.78, 5) is 13.6. The molecule has 1 aliphatic heterocycles. The zero-order valence-corrected chi connectivity index (χ0v) is 16.4. The number of likely N-dealkylation sites (tertiary alicyclic amines) is 1. The number of sulfonamides is 1. The molecule has 28 heavy (non-hydrogen) atoms. The number of nitrogens with zero attached hydrogens (tertiary/aromatic N) is 1. The van der Waals surface area contributed by atoms with Gasteiger partial charge in [0.25, 0.3) is 15.9 Å². The molecule has 0 bridgehead atoms. The van der Waals surface area contributed by atoms with Crippen LogP contribution in [0, 0.1) is 17.6 Å². The second-order valence-corrected chi connectivity index (χ2v) is 8.02.